The lowest BCUT2D eigenvalue weighted by Crippen LogP contribution is -2.32. The molecule has 1 heterocycles. The third-order valence-corrected chi connectivity index (χ3v) is 7.85. The van der Waals surface area contributed by atoms with E-state index in [2.05, 4.69) is 61.1 Å². The van der Waals surface area contributed by atoms with E-state index in [-0.39, 0.29) is 24.3 Å². The zero-order valence-corrected chi connectivity index (χ0v) is 24.4. The van der Waals surface area contributed by atoms with Crippen LogP contribution in [-0.4, -0.2) is 29.2 Å². The van der Waals surface area contributed by atoms with Crippen LogP contribution in [-0.2, 0) is 11.4 Å². The maximum Gasteiger partial charge on any atom is 0.293 e. The number of carbonyl (C=O) groups is 2. The van der Waals surface area contributed by atoms with E-state index in [1.807, 2.05) is 66.7 Å². The van der Waals surface area contributed by atoms with Crippen molar-refractivity contribution in [3.63, 3.8) is 0 Å². The molecule has 174 valence electrons. The number of hydrogen-bond donors (Lipinski definition) is 0. The Kier molecular flexibility index (Phi) is 8.94. The summed E-state index contributed by atoms with van der Waals surface area (Å²) in [5, 5.41) is -0.285. The lowest BCUT2D eigenvalue weighted by atomic mass is 10.2. The molecule has 3 aromatic rings. The zero-order valence-electron chi connectivity index (χ0n) is 17.7. The molecule has 1 aliphatic heterocycles. The molecule has 0 saturated carbocycles. The minimum absolute atomic E-state index is 0.203. The van der Waals surface area contributed by atoms with Crippen LogP contribution in [0, 0.1) is 7.14 Å². The van der Waals surface area contributed by atoms with Crippen LogP contribution in [0.25, 0.3) is 6.08 Å². The third kappa shape index (κ3) is 6.55. The first-order valence-electron chi connectivity index (χ1n) is 10.2. The van der Waals surface area contributed by atoms with Crippen LogP contribution >= 0.6 is 72.9 Å². The van der Waals surface area contributed by atoms with E-state index in [0.717, 1.165) is 40.3 Å². The summed E-state index contributed by atoms with van der Waals surface area (Å²) in [4.78, 5) is 26.8. The molecule has 5 nitrogen and oxygen atoms in total. The number of rotatable bonds is 8. The smallest absolute Gasteiger partial charge is 0.293 e. The van der Waals surface area contributed by atoms with Crippen molar-refractivity contribution in [2.75, 3.05) is 13.2 Å². The second kappa shape index (κ2) is 11.9. The number of benzene rings is 3. The van der Waals surface area contributed by atoms with Crippen LogP contribution in [0.5, 0.6) is 11.5 Å². The largest absolute Gasteiger partial charge is 0.492 e. The summed E-state index contributed by atoms with van der Waals surface area (Å²) in [5.41, 5.74) is 1.92. The van der Waals surface area contributed by atoms with Crippen molar-refractivity contribution in [1.82, 2.24) is 4.90 Å². The molecule has 0 radical (unpaired) electrons. The van der Waals surface area contributed by atoms with Gasteiger partial charge in [0.1, 0.15) is 24.7 Å². The SMILES string of the molecule is O=C1S/C(=C\c2cc(I)c(OCc3ccc(Br)cc3)c(I)c2)C(=O)N1CCOc1ccccc1. The van der Waals surface area contributed by atoms with Crippen LogP contribution in [0.3, 0.4) is 0 Å². The van der Waals surface area contributed by atoms with Crippen LogP contribution in [0.2, 0.25) is 0 Å². The van der Waals surface area contributed by atoms with Crippen molar-refractivity contribution in [2.24, 2.45) is 0 Å². The Morgan fingerprint density at radius 2 is 1.62 bits per heavy atom. The van der Waals surface area contributed by atoms with Crippen molar-refractivity contribution < 1.29 is 19.1 Å². The lowest BCUT2D eigenvalue weighted by Gasteiger charge is -2.13. The van der Waals surface area contributed by atoms with Gasteiger partial charge in [0, 0.05) is 4.47 Å². The number of nitrogens with zero attached hydrogens (tertiary/aromatic N) is 1. The molecule has 34 heavy (non-hydrogen) atoms. The first-order valence-corrected chi connectivity index (χ1v) is 14.0. The minimum atomic E-state index is -0.299. The molecule has 4 rings (SSSR count). The summed E-state index contributed by atoms with van der Waals surface area (Å²) in [6.45, 7) is 0.910. The zero-order chi connectivity index (χ0) is 24.1. The summed E-state index contributed by atoms with van der Waals surface area (Å²) in [7, 11) is 0. The maximum absolute atomic E-state index is 12.8. The Bertz CT molecular complexity index is 1210. The third-order valence-electron chi connectivity index (χ3n) is 4.82. The Morgan fingerprint density at radius 1 is 0.941 bits per heavy atom. The minimum Gasteiger partial charge on any atom is -0.492 e. The summed E-state index contributed by atoms with van der Waals surface area (Å²) < 4.78 is 14.6. The molecular formula is C25H18BrI2NO4S. The first-order chi connectivity index (χ1) is 16.4. The number of amides is 2. The molecule has 0 aromatic heterocycles. The summed E-state index contributed by atoms with van der Waals surface area (Å²) in [6, 6.07) is 21.2. The van der Waals surface area contributed by atoms with Gasteiger partial charge >= 0.3 is 0 Å². The van der Waals surface area contributed by atoms with E-state index in [9.17, 15) is 9.59 Å². The van der Waals surface area contributed by atoms with Gasteiger partial charge in [-0.05, 0) is 111 Å². The number of carbonyl (C=O) groups excluding carboxylic acids is 2. The standard InChI is InChI=1S/C25H18BrI2NO4S/c26-18-8-6-16(7-9-18)15-33-23-20(27)12-17(13-21(23)28)14-22-24(30)29(25(31)34-22)10-11-32-19-4-2-1-3-5-19/h1-9,12-14H,10-11,15H2/b22-14-. The molecule has 0 spiro atoms. The monoisotopic (exact) mass is 761 g/mol. The van der Waals surface area contributed by atoms with E-state index in [4.69, 9.17) is 9.47 Å². The highest BCUT2D eigenvalue weighted by Crippen LogP contribution is 2.35. The van der Waals surface area contributed by atoms with Crippen molar-refractivity contribution >= 4 is 90.1 Å². The van der Waals surface area contributed by atoms with Crippen molar-refractivity contribution in [2.45, 2.75) is 6.61 Å². The van der Waals surface area contributed by atoms with Crippen molar-refractivity contribution in [3.8, 4) is 11.5 Å². The van der Waals surface area contributed by atoms with Gasteiger partial charge in [0.05, 0.1) is 18.6 Å². The lowest BCUT2D eigenvalue weighted by molar-refractivity contribution is -0.123. The fraction of sp³-hybridized carbons (Fsp3) is 0.120. The average Bonchev–Trinajstić information content (AvgIpc) is 3.07. The molecule has 3 aromatic carbocycles. The number of hydrogen-bond acceptors (Lipinski definition) is 5. The molecule has 1 saturated heterocycles. The fourth-order valence-corrected chi connectivity index (χ4v) is 6.41. The maximum atomic E-state index is 12.8. The van der Waals surface area contributed by atoms with Crippen LogP contribution in [0.15, 0.2) is 76.1 Å². The van der Waals surface area contributed by atoms with Crippen LogP contribution in [0.4, 0.5) is 4.79 Å². The predicted molar refractivity (Wildman–Crippen MR) is 155 cm³/mol. The number of thioether (sulfide) groups is 1. The molecule has 0 N–H and O–H groups in total. The quantitative estimate of drug-likeness (QED) is 0.178. The molecule has 0 unspecified atom stereocenters. The van der Waals surface area contributed by atoms with E-state index in [1.165, 1.54) is 4.90 Å². The topological polar surface area (TPSA) is 55.8 Å². The average molecular weight is 762 g/mol. The van der Waals surface area contributed by atoms with Crippen LogP contribution < -0.4 is 9.47 Å². The molecule has 0 aliphatic carbocycles. The highest BCUT2D eigenvalue weighted by atomic mass is 127. The summed E-state index contributed by atoms with van der Waals surface area (Å²) >= 11 is 8.85. The highest BCUT2D eigenvalue weighted by Gasteiger charge is 2.34. The van der Waals surface area contributed by atoms with Gasteiger partial charge in [0.15, 0.2) is 0 Å². The van der Waals surface area contributed by atoms with Gasteiger partial charge in [-0.3, -0.25) is 14.5 Å². The molecule has 0 bridgehead atoms. The molecule has 9 heteroatoms. The second-order valence-electron chi connectivity index (χ2n) is 7.22. The first kappa shape index (κ1) is 25.5. The normalized spacial score (nSPS) is 14.7. The van der Waals surface area contributed by atoms with Gasteiger partial charge in [0.2, 0.25) is 0 Å². The predicted octanol–water partition coefficient (Wildman–Crippen LogP) is 7.35. The Morgan fingerprint density at radius 3 is 2.29 bits per heavy atom. The molecule has 1 aliphatic rings. The molecule has 0 atom stereocenters. The van der Waals surface area contributed by atoms with Crippen molar-refractivity contribution in [3.05, 3.63) is 94.4 Å². The Hall–Kier alpha value is -1.57. The van der Waals surface area contributed by atoms with Crippen molar-refractivity contribution in [1.29, 1.82) is 0 Å². The van der Waals surface area contributed by atoms with Crippen LogP contribution in [0.1, 0.15) is 11.1 Å². The van der Waals surface area contributed by atoms with Gasteiger partial charge in [0.25, 0.3) is 11.1 Å². The van der Waals surface area contributed by atoms with E-state index < -0.39 is 0 Å². The highest BCUT2D eigenvalue weighted by molar-refractivity contribution is 14.1. The van der Waals surface area contributed by atoms with Gasteiger partial charge in [-0.1, -0.05) is 46.3 Å². The van der Waals surface area contributed by atoms with Gasteiger partial charge < -0.3 is 9.47 Å². The number of para-hydroxylation sites is 1. The van der Waals surface area contributed by atoms with E-state index >= 15 is 0 Å². The number of halogens is 3. The van der Waals surface area contributed by atoms with E-state index in [1.54, 1.807) is 6.08 Å². The Labute approximate surface area is 237 Å². The number of imide groups is 1. The number of ether oxygens (including phenoxy) is 2. The summed E-state index contributed by atoms with van der Waals surface area (Å²) in [6.07, 6.45) is 1.76. The van der Waals surface area contributed by atoms with Gasteiger partial charge in [-0.25, -0.2) is 0 Å². The Balaban J connectivity index is 1.41. The molecule has 2 amide bonds. The fourth-order valence-electron chi connectivity index (χ4n) is 3.15. The van der Waals surface area contributed by atoms with E-state index in [0.29, 0.717) is 17.3 Å². The molecular weight excluding hydrogens is 744 g/mol. The van der Waals surface area contributed by atoms with Gasteiger partial charge in [-0.2, -0.15) is 0 Å². The van der Waals surface area contributed by atoms with Gasteiger partial charge in [-0.15, -0.1) is 0 Å². The molecule has 1 fully saturated rings. The summed E-state index contributed by atoms with van der Waals surface area (Å²) in [5.74, 6) is 1.20. The second-order valence-corrected chi connectivity index (χ2v) is 11.5.